The molecule has 2 aliphatic carbocycles. The number of likely N-dealkylation sites (tertiary alicyclic amines) is 1. The Morgan fingerprint density at radius 2 is 2.00 bits per heavy atom. The van der Waals surface area contributed by atoms with Crippen molar-refractivity contribution >= 4 is 12.4 Å². The molecule has 1 aromatic rings. The van der Waals surface area contributed by atoms with E-state index in [1.165, 1.54) is 45.1 Å². The summed E-state index contributed by atoms with van der Waals surface area (Å²) in [5, 5.41) is 0. The first-order valence-electron chi connectivity index (χ1n) is 10.3. The minimum atomic E-state index is 0. The fourth-order valence-electron chi connectivity index (χ4n) is 5.89. The number of rotatable bonds is 7. The molecule has 27 heavy (non-hydrogen) atoms. The summed E-state index contributed by atoms with van der Waals surface area (Å²) in [7, 11) is 3.51. The smallest absolute Gasteiger partial charge is 0.119 e. The van der Waals surface area contributed by atoms with Crippen molar-refractivity contribution < 1.29 is 14.2 Å². The highest BCUT2D eigenvalue weighted by Gasteiger charge is 2.53. The second kappa shape index (κ2) is 9.13. The van der Waals surface area contributed by atoms with Crippen LogP contribution in [0.3, 0.4) is 0 Å². The van der Waals surface area contributed by atoms with E-state index in [4.69, 9.17) is 14.2 Å². The summed E-state index contributed by atoms with van der Waals surface area (Å²) in [5.41, 5.74) is 3.55. The summed E-state index contributed by atoms with van der Waals surface area (Å²) in [5.74, 6) is 1.82. The number of benzene rings is 1. The number of hydrogen-bond acceptors (Lipinski definition) is 4. The Morgan fingerprint density at radius 3 is 2.81 bits per heavy atom. The van der Waals surface area contributed by atoms with Crippen molar-refractivity contribution in [3.8, 4) is 5.75 Å². The molecule has 1 aliphatic heterocycles. The van der Waals surface area contributed by atoms with Crippen molar-refractivity contribution in [2.45, 2.75) is 50.0 Å². The molecule has 4 rings (SSSR count). The summed E-state index contributed by atoms with van der Waals surface area (Å²) in [6.07, 6.45) is 7.96. The van der Waals surface area contributed by atoms with Crippen LogP contribution < -0.4 is 4.74 Å². The first kappa shape index (κ1) is 20.9. The number of fused-ring (bicyclic) bond motifs is 1. The van der Waals surface area contributed by atoms with Crippen LogP contribution >= 0.6 is 12.4 Å². The first-order valence-corrected chi connectivity index (χ1v) is 10.3. The van der Waals surface area contributed by atoms with E-state index in [0.29, 0.717) is 24.7 Å². The van der Waals surface area contributed by atoms with E-state index in [9.17, 15) is 0 Å². The molecule has 5 heteroatoms. The molecule has 3 atom stereocenters. The molecule has 1 saturated heterocycles. The van der Waals surface area contributed by atoms with Crippen molar-refractivity contribution in [1.29, 1.82) is 0 Å². The largest absolute Gasteiger partial charge is 0.497 e. The Balaban J connectivity index is 0.00000210. The third kappa shape index (κ3) is 3.87. The van der Waals surface area contributed by atoms with E-state index >= 15 is 0 Å². The van der Waals surface area contributed by atoms with Gasteiger partial charge in [-0.25, -0.2) is 0 Å². The van der Waals surface area contributed by atoms with Gasteiger partial charge in [0.1, 0.15) is 5.75 Å². The van der Waals surface area contributed by atoms with Crippen molar-refractivity contribution in [3.05, 3.63) is 29.3 Å². The van der Waals surface area contributed by atoms with Gasteiger partial charge >= 0.3 is 0 Å². The molecule has 2 fully saturated rings. The lowest BCUT2D eigenvalue weighted by Crippen LogP contribution is -2.61. The topological polar surface area (TPSA) is 30.9 Å². The standard InChI is InChI=1S/C22H33NO3.ClH/c1-24-13-14-26-12-11-23-10-9-22-8-4-3-5-19(22)21(23)15-17-6-7-18(25-2)16-20(17)22;/h6-7,16,19,21H,3-5,8-15H2,1-2H3;1H/t19-,21+,22+;/m0./s1. The minimum Gasteiger partial charge on any atom is -0.497 e. The van der Waals surface area contributed by atoms with E-state index in [0.717, 1.165) is 24.8 Å². The zero-order chi connectivity index (χ0) is 18.0. The summed E-state index contributed by atoms with van der Waals surface area (Å²) in [6, 6.07) is 7.50. The summed E-state index contributed by atoms with van der Waals surface area (Å²) >= 11 is 0. The van der Waals surface area contributed by atoms with Crippen LogP contribution in [0.1, 0.15) is 43.2 Å². The lowest BCUT2D eigenvalue weighted by Gasteiger charge is -2.59. The quantitative estimate of drug-likeness (QED) is 0.656. The molecule has 1 aromatic carbocycles. The fourth-order valence-corrected chi connectivity index (χ4v) is 5.89. The van der Waals surface area contributed by atoms with Crippen LogP contribution in [0.15, 0.2) is 18.2 Å². The van der Waals surface area contributed by atoms with E-state index in [-0.39, 0.29) is 12.4 Å². The second-order valence-electron chi connectivity index (χ2n) is 8.19. The summed E-state index contributed by atoms with van der Waals surface area (Å²) in [4.78, 5) is 2.72. The van der Waals surface area contributed by atoms with Crippen molar-refractivity contribution in [3.63, 3.8) is 0 Å². The third-order valence-corrected chi connectivity index (χ3v) is 7.11. The molecular weight excluding hydrogens is 362 g/mol. The number of methoxy groups -OCH3 is 2. The Labute approximate surface area is 170 Å². The maximum atomic E-state index is 5.77. The number of halogens is 1. The van der Waals surface area contributed by atoms with Crippen molar-refractivity contribution in [2.24, 2.45) is 5.92 Å². The third-order valence-electron chi connectivity index (χ3n) is 7.11. The van der Waals surface area contributed by atoms with Gasteiger partial charge in [0.05, 0.1) is 26.9 Å². The average molecular weight is 396 g/mol. The molecule has 3 aliphatic rings. The molecule has 0 N–H and O–H groups in total. The van der Waals surface area contributed by atoms with Crippen LogP contribution in [0, 0.1) is 5.92 Å². The van der Waals surface area contributed by atoms with Crippen LogP contribution in [0.5, 0.6) is 5.75 Å². The monoisotopic (exact) mass is 395 g/mol. The van der Waals surface area contributed by atoms with Gasteiger partial charge in [0.2, 0.25) is 0 Å². The maximum absolute atomic E-state index is 5.77. The SMILES string of the molecule is COCCOCCN1CC[C@]23CCCC[C@H]2[C@H]1Cc1ccc(OC)cc13.Cl. The van der Waals surface area contributed by atoms with Gasteiger partial charge in [-0.3, -0.25) is 4.90 Å². The zero-order valence-corrected chi connectivity index (χ0v) is 17.6. The number of hydrogen-bond donors (Lipinski definition) is 0. The van der Waals surface area contributed by atoms with E-state index < -0.39 is 0 Å². The van der Waals surface area contributed by atoms with Gasteiger partial charge in [-0.05, 0) is 61.4 Å². The molecule has 0 unspecified atom stereocenters. The van der Waals surface area contributed by atoms with Gasteiger partial charge in [-0.1, -0.05) is 18.9 Å². The van der Waals surface area contributed by atoms with E-state index in [2.05, 4.69) is 23.1 Å². The number of ether oxygens (including phenoxy) is 3. The van der Waals surface area contributed by atoms with Crippen LogP contribution in [-0.2, 0) is 21.3 Å². The van der Waals surface area contributed by atoms with Crippen molar-refractivity contribution in [1.82, 2.24) is 4.90 Å². The van der Waals surface area contributed by atoms with Gasteiger partial charge in [0.15, 0.2) is 0 Å². The van der Waals surface area contributed by atoms with Gasteiger partial charge in [-0.2, -0.15) is 0 Å². The Hall–Kier alpha value is -0.810. The second-order valence-corrected chi connectivity index (χ2v) is 8.19. The molecule has 0 spiro atoms. The number of piperidine rings is 1. The predicted octanol–water partition coefficient (Wildman–Crippen LogP) is 3.84. The van der Waals surface area contributed by atoms with Crippen molar-refractivity contribution in [2.75, 3.05) is 47.1 Å². The predicted molar refractivity (Wildman–Crippen MR) is 110 cm³/mol. The fraction of sp³-hybridized carbons (Fsp3) is 0.727. The Kier molecular flexibility index (Phi) is 7.07. The van der Waals surface area contributed by atoms with Gasteiger partial charge in [-0.15, -0.1) is 12.4 Å². The molecule has 1 saturated carbocycles. The van der Waals surface area contributed by atoms with Crippen LogP contribution in [0.2, 0.25) is 0 Å². The van der Waals surface area contributed by atoms with Crippen LogP contribution in [-0.4, -0.2) is 58.1 Å². The van der Waals surface area contributed by atoms with Crippen LogP contribution in [0.4, 0.5) is 0 Å². The molecule has 4 nitrogen and oxygen atoms in total. The molecule has 0 amide bonds. The van der Waals surface area contributed by atoms with Gasteiger partial charge in [0.25, 0.3) is 0 Å². The average Bonchev–Trinajstić information content (AvgIpc) is 2.69. The summed E-state index contributed by atoms with van der Waals surface area (Å²) in [6.45, 7) is 4.45. The Morgan fingerprint density at radius 1 is 1.11 bits per heavy atom. The van der Waals surface area contributed by atoms with E-state index in [1.807, 2.05) is 0 Å². The molecular formula is C22H34ClNO3. The lowest BCUT2D eigenvalue weighted by molar-refractivity contribution is -0.0275. The maximum Gasteiger partial charge on any atom is 0.119 e. The summed E-state index contributed by atoms with van der Waals surface area (Å²) < 4.78 is 16.4. The highest BCUT2D eigenvalue weighted by atomic mass is 35.5. The molecule has 2 bridgehead atoms. The zero-order valence-electron chi connectivity index (χ0n) is 16.7. The Bertz CT molecular complexity index is 626. The highest BCUT2D eigenvalue weighted by molar-refractivity contribution is 5.85. The molecule has 152 valence electrons. The number of nitrogens with zero attached hydrogens (tertiary/aromatic N) is 1. The molecule has 1 heterocycles. The van der Waals surface area contributed by atoms with Gasteiger partial charge in [0, 0.05) is 25.1 Å². The molecule has 0 radical (unpaired) electrons. The first-order chi connectivity index (χ1) is 12.8. The minimum absolute atomic E-state index is 0. The van der Waals surface area contributed by atoms with Crippen LogP contribution in [0.25, 0.3) is 0 Å². The van der Waals surface area contributed by atoms with Gasteiger partial charge < -0.3 is 14.2 Å². The normalized spacial score (nSPS) is 29.4. The van der Waals surface area contributed by atoms with E-state index in [1.54, 1.807) is 25.3 Å². The lowest BCUT2D eigenvalue weighted by atomic mass is 9.52. The molecule has 0 aromatic heterocycles. The highest BCUT2D eigenvalue weighted by Crippen LogP contribution is 2.56.